The summed E-state index contributed by atoms with van der Waals surface area (Å²) in [5.74, 6) is -0.0666. The van der Waals surface area contributed by atoms with Crippen molar-refractivity contribution in [3.63, 3.8) is 0 Å². The molecule has 0 heterocycles. The third kappa shape index (κ3) is 2.68. The second-order valence-electron chi connectivity index (χ2n) is 5.34. The van der Waals surface area contributed by atoms with Crippen molar-refractivity contribution in [3.05, 3.63) is 0 Å². The van der Waals surface area contributed by atoms with Gasteiger partial charge in [0.15, 0.2) is 0 Å². The van der Waals surface area contributed by atoms with E-state index in [2.05, 4.69) is 12.2 Å². The molecule has 0 aromatic carbocycles. The van der Waals surface area contributed by atoms with Gasteiger partial charge in [-0.3, -0.25) is 4.79 Å². The van der Waals surface area contributed by atoms with Crippen molar-refractivity contribution in [1.82, 2.24) is 5.32 Å². The molecule has 0 atom stereocenters. The molecule has 1 aliphatic rings. The van der Waals surface area contributed by atoms with Gasteiger partial charge in [-0.15, -0.1) is 0 Å². The number of carbonyl (C=O) groups is 1. The van der Waals surface area contributed by atoms with Crippen LogP contribution in [0.4, 0.5) is 0 Å². The van der Waals surface area contributed by atoms with E-state index >= 15 is 0 Å². The minimum atomic E-state index is -0.741. The van der Waals surface area contributed by atoms with E-state index in [9.17, 15) is 4.79 Å². The summed E-state index contributed by atoms with van der Waals surface area (Å²) in [6.45, 7) is 6.45. The molecule has 15 heavy (non-hydrogen) atoms. The Hall–Kier alpha value is -0.640. The van der Waals surface area contributed by atoms with E-state index in [0.717, 1.165) is 6.54 Å². The number of nitrogens with one attached hydrogen (secondary N) is 1. The maximum Gasteiger partial charge on any atom is 0.232 e. The Morgan fingerprint density at radius 1 is 1.53 bits per heavy atom. The van der Waals surface area contributed by atoms with Crippen LogP contribution in [0.5, 0.6) is 0 Å². The average Bonchev–Trinajstić information content (AvgIpc) is 2.10. The van der Waals surface area contributed by atoms with Crippen molar-refractivity contribution in [2.45, 2.75) is 40.0 Å². The fraction of sp³-hybridized carbons (Fsp3) is 0.818. The van der Waals surface area contributed by atoms with Crippen LogP contribution in [0.2, 0.25) is 0 Å². The van der Waals surface area contributed by atoms with E-state index in [0.29, 0.717) is 5.41 Å². The van der Waals surface area contributed by atoms with Crippen molar-refractivity contribution in [2.24, 2.45) is 16.6 Å². The van der Waals surface area contributed by atoms with Gasteiger partial charge in [0, 0.05) is 6.54 Å². The first-order chi connectivity index (χ1) is 6.78. The summed E-state index contributed by atoms with van der Waals surface area (Å²) in [5.41, 5.74) is 5.08. The molecule has 1 saturated carbocycles. The molecule has 0 saturated heterocycles. The lowest BCUT2D eigenvalue weighted by atomic mass is 9.70. The predicted octanol–water partition coefficient (Wildman–Crippen LogP) is 1.61. The van der Waals surface area contributed by atoms with Crippen molar-refractivity contribution < 1.29 is 4.79 Å². The Bertz CT molecular complexity index is 282. The van der Waals surface area contributed by atoms with Gasteiger partial charge in [-0.2, -0.15) is 0 Å². The summed E-state index contributed by atoms with van der Waals surface area (Å²) in [6, 6.07) is 0. The Kier molecular flexibility index (Phi) is 3.38. The van der Waals surface area contributed by atoms with Gasteiger partial charge in [-0.1, -0.05) is 25.6 Å². The minimum Gasteiger partial charge on any atom is -0.392 e. The van der Waals surface area contributed by atoms with Crippen LogP contribution in [0.15, 0.2) is 0 Å². The lowest BCUT2D eigenvalue weighted by Gasteiger charge is -2.39. The average molecular weight is 228 g/mol. The Balaban J connectivity index is 2.45. The Labute approximate surface area is 96.8 Å². The molecule has 1 amide bonds. The number of nitrogens with two attached hydrogens (primary N) is 1. The Morgan fingerprint density at radius 3 is 2.40 bits per heavy atom. The second kappa shape index (κ2) is 4.08. The second-order valence-corrected chi connectivity index (χ2v) is 5.78. The third-order valence-electron chi connectivity index (χ3n) is 3.42. The topological polar surface area (TPSA) is 55.1 Å². The molecule has 3 nitrogen and oxygen atoms in total. The van der Waals surface area contributed by atoms with Gasteiger partial charge in [0.05, 0.1) is 10.4 Å². The number of thiocarbonyl (C=S) groups is 1. The van der Waals surface area contributed by atoms with E-state index in [4.69, 9.17) is 18.0 Å². The van der Waals surface area contributed by atoms with Crippen LogP contribution in [0.1, 0.15) is 40.0 Å². The number of hydrogen-bond acceptors (Lipinski definition) is 2. The summed E-state index contributed by atoms with van der Waals surface area (Å²) in [4.78, 5) is 12.1. The van der Waals surface area contributed by atoms with Gasteiger partial charge in [-0.25, -0.2) is 0 Å². The van der Waals surface area contributed by atoms with Crippen molar-refractivity contribution >= 4 is 23.1 Å². The van der Waals surface area contributed by atoms with Gasteiger partial charge < -0.3 is 11.1 Å². The van der Waals surface area contributed by atoms with E-state index in [-0.39, 0.29) is 10.9 Å². The molecule has 3 N–H and O–H groups in total. The lowest BCUT2D eigenvalue weighted by Crippen LogP contribution is -2.48. The van der Waals surface area contributed by atoms with E-state index in [1.54, 1.807) is 13.8 Å². The fourth-order valence-corrected chi connectivity index (χ4v) is 1.68. The highest BCUT2D eigenvalue weighted by Gasteiger charge is 2.35. The SMILES string of the molecule is CC1(CNC(=O)C(C)(C)C(N)=S)CCC1. The summed E-state index contributed by atoms with van der Waals surface area (Å²) < 4.78 is 0. The molecule has 0 aromatic rings. The van der Waals surface area contributed by atoms with Crippen molar-refractivity contribution in [1.29, 1.82) is 0 Å². The van der Waals surface area contributed by atoms with Crippen LogP contribution in [-0.4, -0.2) is 17.4 Å². The van der Waals surface area contributed by atoms with Crippen LogP contribution in [0.25, 0.3) is 0 Å². The van der Waals surface area contributed by atoms with Crippen LogP contribution >= 0.6 is 12.2 Å². The smallest absolute Gasteiger partial charge is 0.232 e. The fourth-order valence-electron chi connectivity index (χ4n) is 1.58. The molecular weight excluding hydrogens is 208 g/mol. The molecule has 4 heteroatoms. The first-order valence-electron chi connectivity index (χ1n) is 5.36. The maximum absolute atomic E-state index is 11.8. The number of rotatable bonds is 4. The van der Waals surface area contributed by atoms with Crippen molar-refractivity contribution in [3.8, 4) is 0 Å². The molecule has 0 aliphatic heterocycles. The van der Waals surface area contributed by atoms with Crippen LogP contribution in [0, 0.1) is 10.8 Å². The summed E-state index contributed by atoms with van der Waals surface area (Å²) in [6.07, 6.45) is 3.66. The van der Waals surface area contributed by atoms with Gasteiger partial charge in [0.1, 0.15) is 0 Å². The van der Waals surface area contributed by atoms with Crippen LogP contribution in [0.3, 0.4) is 0 Å². The zero-order chi connectivity index (χ0) is 11.7. The van der Waals surface area contributed by atoms with Crippen molar-refractivity contribution in [2.75, 3.05) is 6.54 Å². The third-order valence-corrected chi connectivity index (χ3v) is 3.93. The largest absolute Gasteiger partial charge is 0.392 e. The first-order valence-corrected chi connectivity index (χ1v) is 5.77. The normalized spacial score (nSPS) is 19.1. The van der Waals surface area contributed by atoms with E-state index < -0.39 is 5.41 Å². The molecule has 1 aliphatic carbocycles. The number of carbonyl (C=O) groups excluding carboxylic acids is 1. The highest BCUT2D eigenvalue weighted by molar-refractivity contribution is 7.80. The molecular formula is C11H20N2OS. The van der Waals surface area contributed by atoms with Crippen LogP contribution < -0.4 is 11.1 Å². The van der Waals surface area contributed by atoms with E-state index in [1.165, 1.54) is 19.3 Å². The summed E-state index contributed by atoms with van der Waals surface area (Å²) >= 11 is 4.87. The molecule has 0 spiro atoms. The molecule has 0 aromatic heterocycles. The predicted molar refractivity (Wildman–Crippen MR) is 65.5 cm³/mol. The standard InChI is InChI=1S/C11H20N2OS/c1-10(2,8(12)15)9(14)13-7-11(3)5-4-6-11/h4-7H2,1-3H3,(H2,12,15)(H,13,14). The molecule has 0 bridgehead atoms. The quantitative estimate of drug-likeness (QED) is 0.719. The first kappa shape index (κ1) is 12.4. The van der Waals surface area contributed by atoms with E-state index in [1.807, 2.05) is 0 Å². The lowest BCUT2D eigenvalue weighted by molar-refractivity contribution is -0.127. The molecule has 86 valence electrons. The highest BCUT2D eigenvalue weighted by atomic mass is 32.1. The maximum atomic E-state index is 11.8. The Morgan fingerprint density at radius 2 is 2.07 bits per heavy atom. The van der Waals surface area contributed by atoms with Gasteiger partial charge in [0.25, 0.3) is 0 Å². The zero-order valence-electron chi connectivity index (χ0n) is 9.72. The minimum absolute atomic E-state index is 0.0666. The monoisotopic (exact) mass is 228 g/mol. The molecule has 0 unspecified atom stereocenters. The highest BCUT2D eigenvalue weighted by Crippen LogP contribution is 2.39. The van der Waals surface area contributed by atoms with Gasteiger partial charge >= 0.3 is 0 Å². The molecule has 1 rings (SSSR count). The summed E-state index contributed by atoms with van der Waals surface area (Å²) in [5, 5.41) is 2.94. The number of amides is 1. The summed E-state index contributed by atoms with van der Waals surface area (Å²) in [7, 11) is 0. The number of hydrogen-bond donors (Lipinski definition) is 2. The van der Waals surface area contributed by atoms with Crippen LogP contribution in [-0.2, 0) is 4.79 Å². The van der Waals surface area contributed by atoms with Gasteiger partial charge in [-0.05, 0) is 32.1 Å². The molecule has 1 fully saturated rings. The van der Waals surface area contributed by atoms with Gasteiger partial charge in [0.2, 0.25) is 5.91 Å². The zero-order valence-corrected chi connectivity index (χ0v) is 10.5. The molecule has 0 radical (unpaired) electrons.